The van der Waals surface area contributed by atoms with Crippen molar-refractivity contribution in [3.63, 3.8) is 0 Å². The highest BCUT2D eigenvalue weighted by Gasteiger charge is 2.28. The Hall–Kier alpha value is -1.41. The largest absolute Gasteiger partial charge is 0.492 e. The summed E-state index contributed by atoms with van der Waals surface area (Å²) in [6, 6.07) is 8.60. The molecule has 0 aliphatic carbocycles. The maximum absolute atomic E-state index is 12.6. The van der Waals surface area contributed by atoms with Gasteiger partial charge in [-0.05, 0) is 49.9 Å². The van der Waals surface area contributed by atoms with Crippen LogP contribution in [0.2, 0.25) is 0 Å². The average Bonchev–Trinajstić information content (AvgIpc) is 3.03. The highest BCUT2D eigenvalue weighted by atomic mass is 32.2. The molecule has 1 heterocycles. The predicted octanol–water partition coefficient (Wildman–Crippen LogP) is 2.64. The quantitative estimate of drug-likeness (QED) is 0.801. The molecule has 0 aliphatic heterocycles. The van der Waals surface area contributed by atoms with Crippen LogP contribution in [-0.4, -0.2) is 26.7 Å². The third-order valence-electron chi connectivity index (χ3n) is 3.35. The van der Waals surface area contributed by atoms with Crippen LogP contribution >= 0.6 is 11.3 Å². The van der Waals surface area contributed by atoms with E-state index >= 15 is 0 Å². The molecule has 0 fully saturated rings. The summed E-state index contributed by atoms with van der Waals surface area (Å²) in [6.45, 7) is 5.46. The normalized spacial score (nSPS) is 14.4. The van der Waals surface area contributed by atoms with Gasteiger partial charge in [0, 0.05) is 11.4 Å². The first-order chi connectivity index (χ1) is 10.8. The minimum atomic E-state index is -3.79. The summed E-state index contributed by atoms with van der Waals surface area (Å²) in [6.07, 6.45) is 0. The highest BCUT2D eigenvalue weighted by molar-refractivity contribution is 7.89. The van der Waals surface area contributed by atoms with Crippen molar-refractivity contribution < 1.29 is 18.3 Å². The molecule has 2 aromatic rings. The number of rotatable bonds is 7. The third-order valence-corrected chi connectivity index (χ3v) is 5.89. The second-order valence-electron chi connectivity index (χ2n) is 5.46. The molecule has 0 saturated heterocycles. The van der Waals surface area contributed by atoms with E-state index in [-0.39, 0.29) is 11.4 Å². The monoisotopic (exact) mass is 355 g/mol. The topological polar surface area (TPSA) is 75.6 Å². The Bertz CT molecular complexity index is 752. The second kappa shape index (κ2) is 7.00. The zero-order valence-corrected chi connectivity index (χ0v) is 15.0. The van der Waals surface area contributed by atoms with E-state index in [2.05, 4.69) is 4.72 Å². The molecule has 0 saturated carbocycles. The Kier molecular flexibility index (Phi) is 5.46. The van der Waals surface area contributed by atoms with E-state index in [1.807, 2.05) is 18.4 Å². The SMILES string of the molecule is CCOc1ccc(C)cc1S(=O)(=O)NCC(C)(O)c1cccs1. The van der Waals surface area contributed by atoms with Gasteiger partial charge < -0.3 is 9.84 Å². The molecule has 1 aromatic carbocycles. The van der Waals surface area contributed by atoms with E-state index in [4.69, 9.17) is 4.74 Å². The molecule has 5 nitrogen and oxygen atoms in total. The molecule has 0 aliphatic rings. The van der Waals surface area contributed by atoms with Crippen LogP contribution in [0.25, 0.3) is 0 Å². The van der Waals surface area contributed by atoms with Gasteiger partial charge in [0.05, 0.1) is 6.61 Å². The van der Waals surface area contributed by atoms with Crippen LogP contribution in [-0.2, 0) is 15.6 Å². The van der Waals surface area contributed by atoms with Crippen molar-refractivity contribution in [2.24, 2.45) is 0 Å². The first-order valence-electron chi connectivity index (χ1n) is 7.26. The smallest absolute Gasteiger partial charge is 0.244 e. The van der Waals surface area contributed by atoms with Gasteiger partial charge in [-0.3, -0.25) is 0 Å². The first-order valence-corrected chi connectivity index (χ1v) is 9.62. The molecule has 0 spiro atoms. The van der Waals surface area contributed by atoms with Gasteiger partial charge in [-0.15, -0.1) is 11.3 Å². The van der Waals surface area contributed by atoms with Crippen LogP contribution in [0.4, 0.5) is 0 Å². The fourth-order valence-electron chi connectivity index (χ4n) is 2.09. The van der Waals surface area contributed by atoms with Gasteiger partial charge in [0.2, 0.25) is 10.0 Å². The van der Waals surface area contributed by atoms with E-state index in [1.54, 1.807) is 38.1 Å². The second-order valence-corrected chi connectivity index (χ2v) is 8.14. The Morgan fingerprint density at radius 2 is 2.09 bits per heavy atom. The van der Waals surface area contributed by atoms with E-state index < -0.39 is 15.6 Å². The van der Waals surface area contributed by atoms with Crippen molar-refractivity contribution in [3.8, 4) is 5.75 Å². The summed E-state index contributed by atoms with van der Waals surface area (Å²) in [5.41, 5.74) is -0.449. The molecule has 2 rings (SSSR count). The Labute approximate surface area is 141 Å². The lowest BCUT2D eigenvalue weighted by Gasteiger charge is -2.22. The zero-order valence-electron chi connectivity index (χ0n) is 13.4. The Balaban J connectivity index is 2.24. The summed E-state index contributed by atoms with van der Waals surface area (Å²) in [5.74, 6) is 0.307. The lowest BCUT2D eigenvalue weighted by Crippen LogP contribution is -2.38. The molecular weight excluding hydrogens is 334 g/mol. The molecule has 23 heavy (non-hydrogen) atoms. The van der Waals surface area contributed by atoms with Gasteiger partial charge in [0.1, 0.15) is 16.2 Å². The predicted molar refractivity (Wildman–Crippen MR) is 91.4 cm³/mol. The molecule has 0 amide bonds. The summed E-state index contributed by atoms with van der Waals surface area (Å²) in [4.78, 5) is 0.788. The van der Waals surface area contributed by atoms with E-state index in [1.165, 1.54) is 11.3 Å². The Morgan fingerprint density at radius 1 is 1.35 bits per heavy atom. The number of hydrogen-bond acceptors (Lipinski definition) is 5. The van der Waals surface area contributed by atoms with Crippen molar-refractivity contribution in [3.05, 3.63) is 46.2 Å². The summed E-state index contributed by atoms with van der Waals surface area (Å²) < 4.78 is 33.1. The van der Waals surface area contributed by atoms with Gasteiger partial charge in [-0.1, -0.05) is 12.1 Å². The van der Waals surface area contributed by atoms with Gasteiger partial charge in [0.25, 0.3) is 0 Å². The van der Waals surface area contributed by atoms with Gasteiger partial charge >= 0.3 is 0 Å². The summed E-state index contributed by atoms with van der Waals surface area (Å²) >= 11 is 1.38. The molecular formula is C16H21NO4S2. The van der Waals surface area contributed by atoms with Gasteiger partial charge in [0.15, 0.2) is 0 Å². The highest BCUT2D eigenvalue weighted by Crippen LogP contribution is 2.27. The maximum atomic E-state index is 12.6. The number of aliphatic hydroxyl groups is 1. The first kappa shape index (κ1) is 17.9. The van der Waals surface area contributed by atoms with Crippen molar-refractivity contribution in [2.75, 3.05) is 13.2 Å². The number of aryl methyl sites for hydroxylation is 1. The molecule has 126 valence electrons. The van der Waals surface area contributed by atoms with E-state index in [0.717, 1.165) is 5.56 Å². The number of ether oxygens (including phenoxy) is 1. The van der Waals surface area contributed by atoms with Crippen molar-refractivity contribution >= 4 is 21.4 Å². The molecule has 0 radical (unpaired) electrons. The minimum absolute atomic E-state index is 0.0846. The summed E-state index contributed by atoms with van der Waals surface area (Å²) in [7, 11) is -3.79. The van der Waals surface area contributed by atoms with E-state index in [0.29, 0.717) is 17.2 Å². The summed E-state index contributed by atoms with van der Waals surface area (Å²) in [5, 5.41) is 12.3. The number of hydrogen-bond donors (Lipinski definition) is 2. The minimum Gasteiger partial charge on any atom is -0.492 e. The molecule has 0 bridgehead atoms. The fourth-order valence-corrected chi connectivity index (χ4v) is 4.23. The molecule has 1 atom stereocenters. The van der Waals surface area contributed by atoms with Crippen LogP contribution in [0.1, 0.15) is 24.3 Å². The van der Waals surface area contributed by atoms with Crippen LogP contribution in [0.3, 0.4) is 0 Å². The van der Waals surface area contributed by atoms with Crippen LogP contribution in [0.5, 0.6) is 5.75 Å². The average molecular weight is 355 g/mol. The molecule has 1 aromatic heterocycles. The number of benzene rings is 1. The lowest BCUT2D eigenvalue weighted by molar-refractivity contribution is 0.0666. The Morgan fingerprint density at radius 3 is 2.70 bits per heavy atom. The fraction of sp³-hybridized carbons (Fsp3) is 0.375. The standard InChI is InChI=1S/C16H21NO4S2/c1-4-21-13-8-7-12(2)10-14(13)23(19,20)17-11-16(3,18)15-6-5-9-22-15/h5-10,17-18H,4,11H2,1-3H3. The van der Waals surface area contributed by atoms with Gasteiger partial charge in [-0.2, -0.15) is 0 Å². The molecule has 7 heteroatoms. The number of sulfonamides is 1. The van der Waals surface area contributed by atoms with E-state index in [9.17, 15) is 13.5 Å². The van der Waals surface area contributed by atoms with Crippen LogP contribution in [0.15, 0.2) is 40.6 Å². The van der Waals surface area contributed by atoms with Crippen LogP contribution in [0, 0.1) is 6.92 Å². The lowest BCUT2D eigenvalue weighted by atomic mass is 10.1. The third kappa shape index (κ3) is 4.32. The van der Waals surface area contributed by atoms with Crippen molar-refractivity contribution in [1.29, 1.82) is 0 Å². The number of thiophene rings is 1. The van der Waals surface area contributed by atoms with Crippen molar-refractivity contribution in [1.82, 2.24) is 4.72 Å². The van der Waals surface area contributed by atoms with Gasteiger partial charge in [-0.25, -0.2) is 13.1 Å². The van der Waals surface area contributed by atoms with Crippen molar-refractivity contribution in [2.45, 2.75) is 31.3 Å². The maximum Gasteiger partial charge on any atom is 0.244 e. The van der Waals surface area contributed by atoms with Crippen LogP contribution < -0.4 is 9.46 Å². The molecule has 1 unspecified atom stereocenters. The molecule has 2 N–H and O–H groups in total. The number of nitrogens with one attached hydrogen (secondary N) is 1. The zero-order chi connectivity index (χ0) is 17.1.